The lowest BCUT2D eigenvalue weighted by atomic mass is 10.1. The molecule has 1 N–H and O–H groups in total. The first-order valence-corrected chi connectivity index (χ1v) is 8.91. The summed E-state index contributed by atoms with van der Waals surface area (Å²) >= 11 is 5.45. The normalized spacial score (nSPS) is 10.3. The SMILES string of the molecule is Fc1ccc(COc2ccc(C(=S)NCCc3ccccc3)cc2)cc1. The number of halogens is 1. The highest BCUT2D eigenvalue weighted by atomic mass is 32.1. The van der Waals surface area contributed by atoms with Crippen LogP contribution in [0.2, 0.25) is 0 Å². The second kappa shape index (κ2) is 9.11. The van der Waals surface area contributed by atoms with E-state index in [1.165, 1.54) is 17.7 Å². The van der Waals surface area contributed by atoms with E-state index in [2.05, 4.69) is 17.4 Å². The average molecular weight is 365 g/mol. The third-order valence-corrected chi connectivity index (χ3v) is 4.36. The zero-order valence-electron chi connectivity index (χ0n) is 14.3. The van der Waals surface area contributed by atoms with E-state index in [0.717, 1.165) is 34.8 Å². The van der Waals surface area contributed by atoms with E-state index in [9.17, 15) is 4.39 Å². The fraction of sp³-hybridized carbons (Fsp3) is 0.136. The van der Waals surface area contributed by atoms with Crippen molar-refractivity contribution < 1.29 is 9.13 Å². The van der Waals surface area contributed by atoms with Gasteiger partial charge in [0.25, 0.3) is 0 Å². The number of hydrogen-bond donors (Lipinski definition) is 1. The minimum Gasteiger partial charge on any atom is -0.489 e. The molecule has 0 unspecified atom stereocenters. The van der Waals surface area contributed by atoms with Gasteiger partial charge in [0.15, 0.2) is 0 Å². The molecule has 4 heteroatoms. The van der Waals surface area contributed by atoms with Gasteiger partial charge in [-0.05, 0) is 53.9 Å². The molecule has 0 aliphatic heterocycles. The van der Waals surface area contributed by atoms with Gasteiger partial charge in [0.05, 0.1) is 0 Å². The first-order valence-electron chi connectivity index (χ1n) is 8.50. The maximum absolute atomic E-state index is 12.9. The van der Waals surface area contributed by atoms with E-state index >= 15 is 0 Å². The van der Waals surface area contributed by atoms with Crippen LogP contribution < -0.4 is 10.1 Å². The lowest BCUT2D eigenvalue weighted by molar-refractivity contribution is 0.306. The third-order valence-electron chi connectivity index (χ3n) is 3.98. The Bertz CT molecular complexity index is 832. The summed E-state index contributed by atoms with van der Waals surface area (Å²) < 4.78 is 18.6. The fourth-order valence-corrected chi connectivity index (χ4v) is 2.76. The molecule has 0 radical (unpaired) electrons. The molecule has 0 spiro atoms. The number of benzene rings is 3. The Balaban J connectivity index is 1.47. The zero-order chi connectivity index (χ0) is 18.2. The zero-order valence-corrected chi connectivity index (χ0v) is 15.1. The molecule has 0 bridgehead atoms. The first kappa shape index (κ1) is 18.1. The van der Waals surface area contributed by atoms with Crippen molar-refractivity contribution in [3.8, 4) is 5.75 Å². The topological polar surface area (TPSA) is 21.3 Å². The van der Waals surface area contributed by atoms with E-state index in [0.29, 0.717) is 6.61 Å². The van der Waals surface area contributed by atoms with Gasteiger partial charge in [0.1, 0.15) is 23.2 Å². The molecular formula is C22H20FNOS. The largest absolute Gasteiger partial charge is 0.489 e. The molecule has 3 aromatic rings. The van der Waals surface area contributed by atoms with Crippen LogP contribution in [0.1, 0.15) is 16.7 Å². The van der Waals surface area contributed by atoms with Crippen LogP contribution in [0.25, 0.3) is 0 Å². The van der Waals surface area contributed by atoms with Crippen molar-refractivity contribution in [2.24, 2.45) is 0 Å². The molecule has 3 rings (SSSR count). The smallest absolute Gasteiger partial charge is 0.123 e. The molecule has 0 atom stereocenters. The van der Waals surface area contributed by atoms with E-state index in [1.807, 2.05) is 42.5 Å². The molecule has 0 aliphatic rings. The van der Waals surface area contributed by atoms with Crippen molar-refractivity contribution in [3.63, 3.8) is 0 Å². The lowest BCUT2D eigenvalue weighted by Crippen LogP contribution is -2.24. The van der Waals surface area contributed by atoms with E-state index in [-0.39, 0.29) is 5.82 Å². The first-order chi connectivity index (χ1) is 12.7. The molecule has 0 aromatic heterocycles. The predicted octanol–water partition coefficient (Wildman–Crippen LogP) is 4.91. The monoisotopic (exact) mass is 365 g/mol. The number of hydrogen-bond acceptors (Lipinski definition) is 2. The Hall–Kier alpha value is -2.72. The Morgan fingerprint density at radius 3 is 2.23 bits per heavy atom. The second-order valence-electron chi connectivity index (χ2n) is 5.93. The highest BCUT2D eigenvalue weighted by molar-refractivity contribution is 7.80. The summed E-state index contributed by atoms with van der Waals surface area (Å²) in [5.41, 5.74) is 3.17. The van der Waals surface area contributed by atoms with Crippen molar-refractivity contribution in [1.29, 1.82) is 0 Å². The third kappa shape index (κ3) is 5.39. The summed E-state index contributed by atoms with van der Waals surface area (Å²) in [5.74, 6) is 0.511. The van der Waals surface area contributed by atoms with E-state index in [4.69, 9.17) is 17.0 Å². The van der Waals surface area contributed by atoms with Gasteiger partial charge in [-0.1, -0.05) is 54.7 Å². The van der Waals surface area contributed by atoms with E-state index < -0.39 is 0 Å². The lowest BCUT2D eigenvalue weighted by Gasteiger charge is -2.10. The summed E-state index contributed by atoms with van der Waals surface area (Å²) in [7, 11) is 0. The van der Waals surface area contributed by atoms with E-state index in [1.54, 1.807) is 12.1 Å². The van der Waals surface area contributed by atoms with Crippen LogP contribution in [0.15, 0.2) is 78.9 Å². The summed E-state index contributed by atoms with van der Waals surface area (Å²) in [6.45, 7) is 1.20. The molecule has 0 saturated heterocycles. The molecule has 2 nitrogen and oxygen atoms in total. The highest BCUT2D eigenvalue weighted by Crippen LogP contribution is 2.15. The van der Waals surface area contributed by atoms with Gasteiger partial charge in [-0.2, -0.15) is 0 Å². The second-order valence-corrected chi connectivity index (χ2v) is 6.34. The van der Waals surface area contributed by atoms with Crippen molar-refractivity contribution in [3.05, 3.63) is 101 Å². The van der Waals surface area contributed by atoms with Crippen LogP contribution in [-0.4, -0.2) is 11.5 Å². The molecule has 132 valence electrons. The molecule has 0 heterocycles. The molecular weight excluding hydrogens is 345 g/mol. The molecule has 0 aliphatic carbocycles. The number of thiocarbonyl (C=S) groups is 1. The van der Waals surface area contributed by atoms with Gasteiger partial charge in [-0.15, -0.1) is 0 Å². The maximum Gasteiger partial charge on any atom is 0.123 e. The number of rotatable bonds is 7. The van der Waals surface area contributed by atoms with Gasteiger partial charge < -0.3 is 10.1 Å². The highest BCUT2D eigenvalue weighted by Gasteiger charge is 2.02. The van der Waals surface area contributed by atoms with Gasteiger partial charge in [-0.3, -0.25) is 0 Å². The maximum atomic E-state index is 12.9. The molecule has 3 aromatic carbocycles. The minimum absolute atomic E-state index is 0.244. The summed E-state index contributed by atoms with van der Waals surface area (Å²) in [6.07, 6.45) is 0.930. The summed E-state index contributed by atoms with van der Waals surface area (Å²) in [4.78, 5) is 0.728. The van der Waals surface area contributed by atoms with Crippen LogP contribution in [-0.2, 0) is 13.0 Å². The van der Waals surface area contributed by atoms with Crippen molar-refractivity contribution in [2.75, 3.05) is 6.54 Å². The van der Waals surface area contributed by atoms with Gasteiger partial charge in [-0.25, -0.2) is 4.39 Å². The molecule has 26 heavy (non-hydrogen) atoms. The van der Waals surface area contributed by atoms with Gasteiger partial charge in [0.2, 0.25) is 0 Å². The number of nitrogens with one attached hydrogen (secondary N) is 1. The Morgan fingerprint density at radius 2 is 1.54 bits per heavy atom. The van der Waals surface area contributed by atoms with Crippen LogP contribution in [0.3, 0.4) is 0 Å². The van der Waals surface area contributed by atoms with Gasteiger partial charge >= 0.3 is 0 Å². The Labute approximate surface area is 158 Å². The molecule has 0 fully saturated rings. The molecule has 0 amide bonds. The predicted molar refractivity (Wildman–Crippen MR) is 107 cm³/mol. The Kier molecular flexibility index (Phi) is 6.34. The number of ether oxygens (including phenoxy) is 1. The quantitative estimate of drug-likeness (QED) is 0.601. The van der Waals surface area contributed by atoms with Crippen molar-refractivity contribution in [1.82, 2.24) is 5.32 Å². The van der Waals surface area contributed by atoms with Crippen LogP contribution >= 0.6 is 12.2 Å². The molecule has 0 saturated carbocycles. The van der Waals surface area contributed by atoms with Gasteiger partial charge in [0, 0.05) is 12.1 Å². The van der Waals surface area contributed by atoms with Crippen LogP contribution in [0.5, 0.6) is 5.75 Å². The minimum atomic E-state index is -0.244. The van der Waals surface area contributed by atoms with Crippen molar-refractivity contribution in [2.45, 2.75) is 13.0 Å². The average Bonchev–Trinajstić information content (AvgIpc) is 2.69. The summed E-state index contributed by atoms with van der Waals surface area (Å²) in [6, 6.07) is 24.3. The standard InChI is InChI=1S/C22H20FNOS/c23-20-10-6-18(7-11-20)16-25-21-12-8-19(9-13-21)22(26)24-15-14-17-4-2-1-3-5-17/h1-13H,14-16H2,(H,24,26). The van der Waals surface area contributed by atoms with Crippen molar-refractivity contribution >= 4 is 17.2 Å². The van der Waals surface area contributed by atoms with Crippen LogP contribution in [0.4, 0.5) is 4.39 Å². The fourth-order valence-electron chi connectivity index (χ4n) is 2.52. The van der Waals surface area contributed by atoms with Crippen LogP contribution in [0, 0.1) is 5.82 Å². The summed E-state index contributed by atoms with van der Waals surface area (Å²) in [5, 5.41) is 3.29. The Morgan fingerprint density at radius 1 is 0.846 bits per heavy atom.